The Kier molecular flexibility index (Phi) is 5.61. The van der Waals surface area contributed by atoms with Gasteiger partial charge in [-0.1, -0.05) is 28.1 Å². The Morgan fingerprint density at radius 3 is 2.65 bits per heavy atom. The number of hydrogen-bond donors (Lipinski definition) is 2. The molecule has 0 radical (unpaired) electrons. The number of hydrogen-bond acceptors (Lipinski definition) is 3. The minimum atomic E-state index is -0.515. The number of aliphatic hydroxyl groups is 2. The van der Waals surface area contributed by atoms with Crippen LogP contribution in [0, 0.1) is 0 Å². The Labute approximate surface area is 129 Å². The van der Waals surface area contributed by atoms with Gasteiger partial charge in [0.25, 0.3) is 0 Å². The Balaban J connectivity index is 1.81. The minimum Gasteiger partial charge on any atom is -0.390 e. The van der Waals surface area contributed by atoms with Crippen molar-refractivity contribution in [1.82, 2.24) is 4.90 Å². The van der Waals surface area contributed by atoms with E-state index in [0.717, 1.165) is 55.4 Å². The fourth-order valence-corrected chi connectivity index (χ4v) is 2.96. The Morgan fingerprint density at radius 1 is 1.25 bits per heavy atom. The maximum atomic E-state index is 10.2. The molecular weight excluding hydrogens is 318 g/mol. The monoisotopic (exact) mass is 341 g/mol. The lowest BCUT2D eigenvalue weighted by Gasteiger charge is -2.23. The normalized spacial score (nSPS) is 26.2. The zero-order chi connectivity index (χ0) is 14.6. The summed E-state index contributed by atoms with van der Waals surface area (Å²) in [6, 6.07) is 7.84. The molecule has 1 saturated heterocycles. The van der Waals surface area contributed by atoms with Gasteiger partial charge in [0.1, 0.15) is 0 Å². The molecule has 3 nitrogen and oxygen atoms in total. The summed E-state index contributed by atoms with van der Waals surface area (Å²) in [5, 5.41) is 20.3. The van der Waals surface area contributed by atoms with Crippen molar-refractivity contribution in [1.29, 1.82) is 0 Å². The van der Waals surface area contributed by atoms with E-state index in [0.29, 0.717) is 0 Å². The Morgan fingerprint density at radius 2 is 1.95 bits per heavy atom. The fourth-order valence-electron chi connectivity index (χ4n) is 2.70. The summed E-state index contributed by atoms with van der Waals surface area (Å²) in [6.45, 7) is 4.74. The lowest BCUT2D eigenvalue weighted by Crippen LogP contribution is -2.29. The van der Waals surface area contributed by atoms with Gasteiger partial charge in [0.05, 0.1) is 11.7 Å². The van der Waals surface area contributed by atoms with Crippen LogP contribution in [-0.4, -0.2) is 40.3 Å². The van der Waals surface area contributed by atoms with E-state index in [4.69, 9.17) is 0 Å². The van der Waals surface area contributed by atoms with Crippen LogP contribution in [0.15, 0.2) is 28.7 Å². The van der Waals surface area contributed by atoms with Crippen molar-refractivity contribution in [2.24, 2.45) is 0 Å². The second-order valence-corrected chi connectivity index (χ2v) is 6.96. The SMILES string of the molecule is CC1(O)CCCN(CCC(O)c2ccc(Br)cc2)CC1. The third-order valence-corrected chi connectivity index (χ3v) is 4.66. The van der Waals surface area contributed by atoms with Crippen LogP contribution in [0.4, 0.5) is 0 Å². The first kappa shape index (κ1) is 16.0. The van der Waals surface area contributed by atoms with E-state index < -0.39 is 11.7 Å². The molecule has 0 spiro atoms. The molecule has 0 saturated carbocycles. The van der Waals surface area contributed by atoms with Crippen LogP contribution < -0.4 is 0 Å². The van der Waals surface area contributed by atoms with Gasteiger partial charge in [0, 0.05) is 17.6 Å². The average Bonchev–Trinajstić information content (AvgIpc) is 2.58. The maximum absolute atomic E-state index is 10.2. The molecule has 2 rings (SSSR count). The smallest absolute Gasteiger partial charge is 0.0802 e. The van der Waals surface area contributed by atoms with Crippen molar-refractivity contribution in [3.8, 4) is 0 Å². The van der Waals surface area contributed by atoms with Crippen molar-refractivity contribution in [2.45, 2.75) is 44.3 Å². The van der Waals surface area contributed by atoms with Gasteiger partial charge in [-0.25, -0.2) is 0 Å². The van der Waals surface area contributed by atoms with Crippen molar-refractivity contribution in [2.75, 3.05) is 19.6 Å². The molecule has 1 aliphatic rings. The largest absolute Gasteiger partial charge is 0.390 e. The van der Waals surface area contributed by atoms with Crippen molar-refractivity contribution < 1.29 is 10.2 Å². The highest BCUT2D eigenvalue weighted by molar-refractivity contribution is 9.10. The first-order chi connectivity index (χ1) is 9.46. The van der Waals surface area contributed by atoms with Crippen LogP contribution in [0.2, 0.25) is 0 Å². The Hall–Kier alpha value is -0.420. The second-order valence-electron chi connectivity index (χ2n) is 6.05. The highest BCUT2D eigenvalue weighted by atomic mass is 79.9. The summed E-state index contributed by atoms with van der Waals surface area (Å²) in [7, 11) is 0. The van der Waals surface area contributed by atoms with Gasteiger partial charge in [-0.05, 0) is 56.8 Å². The standard InChI is InChI=1S/C16H24BrNO2/c1-16(20)8-2-10-18(12-9-16)11-7-15(19)13-3-5-14(17)6-4-13/h3-6,15,19-20H,2,7-12H2,1H3. The molecule has 1 aliphatic heterocycles. The van der Waals surface area contributed by atoms with Crippen molar-refractivity contribution in [3.05, 3.63) is 34.3 Å². The van der Waals surface area contributed by atoms with Crippen LogP contribution in [0.5, 0.6) is 0 Å². The van der Waals surface area contributed by atoms with E-state index in [2.05, 4.69) is 20.8 Å². The van der Waals surface area contributed by atoms with E-state index in [1.807, 2.05) is 31.2 Å². The Bertz CT molecular complexity index is 419. The van der Waals surface area contributed by atoms with Crippen molar-refractivity contribution in [3.63, 3.8) is 0 Å². The minimum absolute atomic E-state index is 0.410. The number of halogens is 1. The summed E-state index contributed by atoms with van der Waals surface area (Å²) in [5.41, 5.74) is 0.453. The molecule has 1 aromatic rings. The first-order valence-corrected chi connectivity index (χ1v) is 8.14. The summed E-state index contributed by atoms with van der Waals surface area (Å²) in [5.74, 6) is 0. The van der Waals surface area contributed by atoms with Crippen molar-refractivity contribution >= 4 is 15.9 Å². The third kappa shape index (κ3) is 4.85. The molecule has 1 heterocycles. The zero-order valence-corrected chi connectivity index (χ0v) is 13.6. The second kappa shape index (κ2) is 7.03. The molecule has 0 aliphatic carbocycles. The molecule has 1 aromatic carbocycles. The van der Waals surface area contributed by atoms with E-state index >= 15 is 0 Å². The average molecular weight is 342 g/mol. The first-order valence-electron chi connectivity index (χ1n) is 7.34. The molecule has 20 heavy (non-hydrogen) atoms. The maximum Gasteiger partial charge on any atom is 0.0802 e. The van der Waals surface area contributed by atoms with Crippen LogP contribution in [0.25, 0.3) is 0 Å². The summed E-state index contributed by atoms with van der Waals surface area (Å²) >= 11 is 3.40. The summed E-state index contributed by atoms with van der Waals surface area (Å²) in [6.07, 6.45) is 3.05. The topological polar surface area (TPSA) is 43.7 Å². The molecule has 0 amide bonds. The van der Waals surface area contributed by atoms with Gasteiger partial charge in [-0.15, -0.1) is 0 Å². The predicted octanol–water partition coefficient (Wildman–Crippen LogP) is 3.11. The third-order valence-electron chi connectivity index (χ3n) is 4.13. The highest BCUT2D eigenvalue weighted by Gasteiger charge is 2.25. The van der Waals surface area contributed by atoms with Gasteiger partial charge in [0.2, 0.25) is 0 Å². The van der Waals surface area contributed by atoms with Crippen LogP contribution in [0.3, 0.4) is 0 Å². The van der Waals surface area contributed by atoms with Crippen LogP contribution in [-0.2, 0) is 0 Å². The van der Waals surface area contributed by atoms with E-state index in [1.165, 1.54) is 0 Å². The van der Waals surface area contributed by atoms with Gasteiger partial charge < -0.3 is 15.1 Å². The summed E-state index contributed by atoms with van der Waals surface area (Å²) < 4.78 is 1.03. The zero-order valence-electron chi connectivity index (χ0n) is 12.1. The molecular formula is C16H24BrNO2. The number of rotatable bonds is 4. The molecule has 112 valence electrons. The van der Waals surface area contributed by atoms with Gasteiger partial charge in [-0.3, -0.25) is 0 Å². The van der Waals surface area contributed by atoms with Gasteiger partial charge in [-0.2, -0.15) is 0 Å². The van der Waals surface area contributed by atoms with Gasteiger partial charge in [0.15, 0.2) is 0 Å². The number of likely N-dealkylation sites (tertiary alicyclic amines) is 1. The van der Waals surface area contributed by atoms with Crippen LogP contribution in [0.1, 0.15) is 44.3 Å². The molecule has 1 fully saturated rings. The molecule has 4 heteroatoms. The number of nitrogens with zero attached hydrogens (tertiary/aromatic N) is 1. The lowest BCUT2D eigenvalue weighted by molar-refractivity contribution is 0.0441. The number of aliphatic hydroxyl groups excluding tert-OH is 1. The quantitative estimate of drug-likeness (QED) is 0.884. The molecule has 2 N–H and O–H groups in total. The van der Waals surface area contributed by atoms with Gasteiger partial charge >= 0.3 is 0 Å². The van der Waals surface area contributed by atoms with Crippen LogP contribution >= 0.6 is 15.9 Å². The van der Waals surface area contributed by atoms with E-state index in [1.54, 1.807) is 0 Å². The molecule has 0 aromatic heterocycles. The molecule has 2 unspecified atom stereocenters. The highest BCUT2D eigenvalue weighted by Crippen LogP contribution is 2.23. The van der Waals surface area contributed by atoms with E-state index in [9.17, 15) is 10.2 Å². The fraction of sp³-hybridized carbons (Fsp3) is 0.625. The molecule has 2 atom stereocenters. The summed E-state index contributed by atoms with van der Waals surface area (Å²) in [4.78, 5) is 2.35. The number of benzene rings is 1. The van der Waals surface area contributed by atoms with E-state index in [-0.39, 0.29) is 0 Å². The lowest BCUT2D eigenvalue weighted by atomic mass is 9.98. The molecule has 0 bridgehead atoms. The predicted molar refractivity (Wildman–Crippen MR) is 84.6 cm³/mol.